The molecule has 20 heavy (non-hydrogen) atoms. The van der Waals surface area contributed by atoms with Crippen LogP contribution in [0.25, 0.3) is 0 Å². The van der Waals surface area contributed by atoms with Gasteiger partial charge < -0.3 is 10.2 Å². The van der Waals surface area contributed by atoms with Crippen LogP contribution in [0, 0.1) is 71.0 Å². The number of carboxylic acid groups (broad SMARTS) is 1. The summed E-state index contributed by atoms with van der Waals surface area (Å²) < 4.78 is 0. The maximum atomic E-state index is 9.00. The second-order valence-electron chi connectivity index (χ2n) is 0.519. The van der Waals surface area contributed by atoms with E-state index in [9.17, 15) is 0 Å². The van der Waals surface area contributed by atoms with E-state index in [4.69, 9.17) is 46.6 Å². The van der Waals surface area contributed by atoms with E-state index in [0.717, 1.165) is 14.0 Å². The van der Waals surface area contributed by atoms with Gasteiger partial charge in [0.15, 0.2) is 0 Å². The number of hydrogen-bond acceptors (Lipinski definition) is 8. The Morgan fingerprint density at radius 2 is 0.700 bits per heavy atom. The number of aliphatic carboxylic acids is 1. The molecule has 9 nitrogen and oxygen atoms in total. The first kappa shape index (κ1) is 84.6. The van der Waals surface area contributed by atoms with E-state index < -0.39 is 5.97 Å². The normalized spacial score (nSPS) is 2.15. The molecule has 0 aliphatic heterocycles. The average molecular weight is 375 g/mol. The van der Waals surface area contributed by atoms with E-state index in [2.05, 4.69) is 39.4 Å². The number of carbonyl (C=O) groups is 1. The first-order valence-electron chi connectivity index (χ1n) is 2.92. The van der Waals surface area contributed by atoms with Crippen LogP contribution < -0.4 is 0 Å². The third kappa shape index (κ3) is 528. The molecule has 0 aliphatic carbocycles. The number of hydrogen-bond donors (Lipinski definition) is 2. The molecule has 0 aromatic heterocycles. The summed E-state index contributed by atoms with van der Waals surface area (Å²) in [5, 5.41) is 53.4. The fourth-order valence-electron chi connectivity index (χ4n) is 0. The van der Waals surface area contributed by atoms with Crippen molar-refractivity contribution in [3.05, 3.63) is 0 Å². The van der Waals surface area contributed by atoms with Gasteiger partial charge in [0.2, 0.25) is 0 Å². The van der Waals surface area contributed by atoms with Gasteiger partial charge in [-0.1, -0.05) is 0 Å². The Labute approximate surface area is 142 Å². The molecule has 0 aliphatic rings. The van der Waals surface area contributed by atoms with Crippen molar-refractivity contribution in [3.8, 4) is 39.4 Å². The smallest absolute Gasteiger partial charge is 0.300 e. The number of carboxylic acids is 1. The fourth-order valence-corrected chi connectivity index (χ4v) is 0. The van der Waals surface area contributed by atoms with Gasteiger partial charge in [-0.3, -0.25) is 4.79 Å². The van der Waals surface area contributed by atoms with Crippen LogP contribution in [-0.2, 0) is 41.3 Å². The topological polar surface area (TPSA) is 200 Å². The first-order valence-corrected chi connectivity index (χ1v) is 2.92. The molecule has 0 aromatic rings. The number of nitriles is 6. The molecule has 108 valence electrons. The third-order valence-electron chi connectivity index (χ3n) is 0. The molecule has 0 bridgehead atoms. The molecule has 2 N–H and O–H groups in total. The summed E-state index contributed by atoms with van der Waals surface area (Å²) in [6, 6.07) is 0. The van der Waals surface area contributed by atoms with Gasteiger partial charge in [0.1, 0.15) is 0 Å². The van der Waals surface area contributed by atoms with Gasteiger partial charge in [0.25, 0.3) is 5.97 Å². The van der Waals surface area contributed by atoms with Crippen LogP contribution >= 0.6 is 0 Å². The van der Waals surface area contributed by atoms with Crippen LogP contribution in [0.5, 0.6) is 0 Å². The zero-order valence-electron chi connectivity index (χ0n) is 11.0. The van der Waals surface area contributed by atoms with Crippen LogP contribution in [0.1, 0.15) is 6.92 Å². The Balaban J connectivity index is -0.00000000720. The molecule has 0 radical (unpaired) electrons. The van der Waals surface area contributed by atoms with Gasteiger partial charge in [-0.25, -0.2) is 31.6 Å². The van der Waals surface area contributed by atoms with Crippen molar-refractivity contribution in [1.29, 1.82) is 31.6 Å². The molecule has 0 atom stereocenters. The Morgan fingerprint density at radius 1 is 0.700 bits per heavy atom. The minimum Gasteiger partial charge on any atom is -0.481 e. The standard InChI is InChI=1S/C2H4O2.6CHN.CH4O.Fe.Zn/c1-2(3)4;7*1-2;;/h1H3,(H,3,4);6*1H;2H,1H3;;. The molecule has 0 saturated carbocycles. The largest absolute Gasteiger partial charge is 0.481 e. The van der Waals surface area contributed by atoms with Gasteiger partial charge in [-0.2, -0.15) is 0 Å². The Bertz CT molecular complexity index is 175. The predicted octanol–water partition coefficient (Wildman–Crippen LogP) is 0.533. The van der Waals surface area contributed by atoms with Crippen molar-refractivity contribution in [2.24, 2.45) is 0 Å². The molecule has 0 amide bonds. The summed E-state index contributed by atoms with van der Waals surface area (Å²) in [6.07, 6.45) is 0. The summed E-state index contributed by atoms with van der Waals surface area (Å²) in [4.78, 5) is 9.00. The van der Waals surface area contributed by atoms with E-state index in [-0.39, 0.29) is 36.5 Å². The van der Waals surface area contributed by atoms with Gasteiger partial charge in [0, 0.05) is 90.0 Å². The van der Waals surface area contributed by atoms with Gasteiger partial charge >= 0.3 is 0 Å². The number of rotatable bonds is 0. The second kappa shape index (κ2) is 15100. The van der Waals surface area contributed by atoms with Crippen molar-refractivity contribution in [2.75, 3.05) is 7.11 Å². The van der Waals surface area contributed by atoms with Crippen LogP contribution in [-0.4, -0.2) is 23.3 Å². The van der Waals surface area contributed by atoms with E-state index in [1.54, 1.807) is 0 Å². The minimum atomic E-state index is -0.833. The molecular formula is C9H14FeN6O3Zn. The summed E-state index contributed by atoms with van der Waals surface area (Å²) in [7, 11) is 1.00. The molecule has 0 heterocycles. The van der Waals surface area contributed by atoms with Gasteiger partial charge in [-0.15, -0.1) is 0 Å². The fraction of sp³-hybridized carbons (Fsp3) is 0.222. The monoisotopic (exact) mass is 374 g/mol. The maximum Gasteiger partial charge on any atom is 0.300 e. The number of aliphatic hydroxyl groups excluding tert-OH is 1. The van der Waals surface area contributed by atoms with Gasteiger partial charge in [0.05, 0.1) is 0 Å². The summed E-state index contributed by atoms with van der Waals surface area (Å²) in [5.74, 6) is -0.833. The molecule has 0 aromatic carbocycles. The first-order chi connectivity index (χ1) is 8.73. The van der Waals surface area contributed by atoms with Crippen LogP contribution in [0.3, 0.4) is 0 Å². The third-order valence-corrected chi connectivity index (χ3v) is 0. The summed E-state index contributed by atoms with van der Waals surface area (Å²) in [5.41, 5.74) is 0. The van der Waals surface area contributed by atoms with Crippen LogP contribution in [0.2, 0.25) is 0 Å². The van der Waals surface area contributed by atoms with E-state index >= 15 is 0 Å². The van der Waals surface area contributed by atoms with E-state index in [1.807, 2.05) is 0 Å². The summed E-state index contributed by atoms with van der Waals surface area (Å²) >= 11 is 0. The predicted molar refractivity (Wildman–Crippen MR) is 61.5 cm³/mol. The van der Waals surface area contributed by atoms with Gasteiger partial charge in [-0.05, 0) is 0 Å². The maximum absolute atomic E-state index is 9.00. The van der Waals surface area contributed by atoms with Crippen molar-refractivity contribution in [3.63, 3.8) is 0 Å². The van der Waals surface area contributed by atoms with Crippen molar-refractivity contribution >= 4 is 5.97 Å². The quantitative estimate of drug-likeness (QED) is 0.566. The molecular weight excluding hydrogens is 361 g/mol. The Hall–Kier alpha value is -2.49. The Kier molecular flexibility index (Phi) is 63900. The van der Waals surface area contributed by atoms with E-state index in [0.29, 0.717) is 0 Å². The molecule has 0 saturated heterocycles. The van der Waals surface area contributed by atoms with Crippen LogP contribution in [0.15, 0.2) is 0 Å². The molecule has 0 spiro atoms. The number of nitrogens with zero attached hydrogens (tertiary/aromatic N) is 6. The molecule has 11 heteroatoms. The second-order valence-corrected chi connectivity index (χ2v) is 0.519. The van der Waals surface area contributed by atoms with Crippen molar-refractivity contribution in [1.82, 2.24) is 0 Å². The zero-order valence-corrected chi connectivity index (χ0v) is 15.1. The molecule has 0 unspecified atom stereocenters. The SMILES string of the molecule is C#N.C#N.C#N.C#N.C#N.C#N.CC(=O)O.CO.[Fe].[Zn]. The molecule has 0 rings (SSSR count). The molecule has 0 fully saturated rings. The number of aliphatic hydroxyl groups is 1. The zero-order chi connectivity index (χ0) is 17.6. The van der Waals surface area contributed by atoms with Crippen LogP contribution in [0.4, 0.5) is 0 Å². The average Bonchev–Trinajstić information content (AvgIpc) is 2.52. The Morgan fingerprint density at radius 3 is 0.700 bits per heavy atom. The van der Waals surface area contributed by atoms with Crippen molar-refractivity contribution in [2.45, 2.75) is 6.92 Å². The summed E-state index contributed by atoms with van der Waals surface area (Å²) in [6.45, 7) is 22.1. The van der Waals surface area contributed by atoms with E-state index in [1.165, 1.54) is 0 Å². The van der Waals surface area contributed by atoms with Crippen molar-refractivity contribution < 1.29 is 51.6 Å². The minimum absolute atomic E-state index is 0.